The van der Waals surface area contributed by atoms with E-state index in [1.807, 2.05) is 13.8 Å². The van der Waals surface area contributed by atoms with Crippen LogP contribution >= 0.6 is 11.3 Å². The van der Waals surface area contributed by atoms with Gasteiger partial charge in [-0.2, -0.15) is 5.06 Å². The third kappa shape index (κ3) is 3.04. The number of urea groups is 1. The van der Waals surface area contributed by atoms with E-state index in [1.165, 1.54) is 11.3 Å². The van der Waals surface area contributed by atoms with Crippen molar-refractivity contribution in [2.45, 2.75) is 32.2 Å². The topological polar surface area (TPSA) is 96.1 Å². The number of hydrogen-bond acceptors (Lipinski definition) is 5. The van der Waals surface area contributed by atoms with Crippen LogP contribution in [0.3, 0.4) is 0 Å². The Balaban J connectivity index is 1.63. The number of nitrogens with zero attached hydrogens (tertiary/aromatic N) is 2. The predicted octanol–water partition coefficient (Wildman–Crippen LogP) is 2.89. The summed E-state index contributed by atoms with van der Waals surface area (Å²) in [6.07, 6.45) is 0.760. The summed E-state index contributed by atoms with van der Waals surface area (Å²) in [5.74, 6) is 0.300. The molecule has 142 valence electrons. The second kappa shape index (κ2) is 6.24. The number of thiophene rings is 1. The van der Waals surface area contributed by atoms with Gasteiger partial charge in [0.2, 0.25) is 0 Å². The maximum atomic E-state index is 12.8. The molecule has 1 aromatic heterocycles. The Morgan fingerprint density at radius 3 is 2.81 bits per heavy atom. The van der Waals surface area contributed by atoms with E-state index in [4.69, 9.17) is 10.5 Å². The Hall–Kier alpha value is -2.58. The standard InChI is InChI=1S/C19H21N3O4S/c1-19(2)10-21(18(20)24)9-12-8-15(27-16(12)19)17(23)22(25)13-3-4-14-11(7-13)5-6-26-14/h3-4,7-8,25H,5-6,9-10H2,1-2H3,(H2,20,24). The molecule has 27 heavy (non-hydrogen) atoms. The van der Waals surface area contributed by atoms with Crippen LogP contribution in [0.1, 0.15) is 39.5 Å². The zero-order valence-corrected chi connectivity index (χ0v) is 16.0. The Labute approximate surface area is 160 Å². The molecule has 1 aromatic carbocycles. The highest BCUT2D eigenvalue weighted by atomic mass is 32.1. The van der Waals surface area contributed by atoms with Crippen molar-refractivity contribution in [1.82, 2.24) is 4.90 Å². The van der Waals surface area contributed by atoms with Gasteiger partial charge in [-0.25, -0.2) is 4.79 Å². The van der Waals surface area contributed by atoms with E-state index in [0.29, 0.717) is 35.3 Å². The van der Waals surface area contributed by atoms with Crippen LogP contribution in [0.5, 0.6) is 5.75 Å². The average molecular weight is 387 g/mol. The van der Waals surface area contributed by atoms with Gasteiger partial charge in [-0.05, 0) is 35.4 Å². The van der Waals surface area contributed by atoms with Crippen LogP contribution in [-0.2, 0) is 18.4 Å². The molecule has 0 spiro atoms. The first-order valence-electron chi connectivity index (χ1n) is 8.73. The highest BCUT2D eigenvalue weighted by Gasteiger charge is 2.36. The summed E-state index contributed by atoms with van der Waals surface area (Å²) in [6.45, 7) is 5.52. The van der Waals surface area contributed by atoms with Crippen LogP contribution in [-0.4, -0.2) is 35.2 Å². The number of ether oxygens (including phenoxy) is 1. The van der Waals surface area contributed by atoms with Gasteiger partial charge in [-0.1, -0.05) is 13.8 Å². The molecule has 7 nitrogen and oxygen atoms in total. The summed E-state index contributed by atoms with van der Waals surface area (Å²) in [5.41, 5.74) is 7.42. The van der Waals surface area contributed by atoms with Crippen molar-refractivity contribution < 1.29 is 19.5 Å². The Morgan fingerprint density at radius 1 is 1.30 bits per heavy atom. The van der Waals surface area contributed by atoms with Gasteiger partial charge in [-0.3, -0.25) is 10.0 Å². The van der Waals surface area contributed by atoms with Crippen LogP contribution in [0, 0.1) is 0 Å². The second-order valence-electron chi connectivity index (χ2n) is 7.55. The molecule has 0 unspecified atom stereocenters. The molecule has 4 rings (SSSR count). The van der Waals surface area contributed by atoms with Gasteiger partial charge in [0.1, 0.15) is 5.75 Å². The van der Waals surface area contributed by atoms with E-state index in [0.717, 1.165) is 28.2 Å². The third-order valence-electron chi connectivity index (χ3n) is 5.00. The third-order valence-corrected chi connectivity index (χ3v) is 6.53. The summed E-state index contributed by atoms with van der Waals surface area (Å²) in [5, 5.41) is 11.1. The summed E-state index contributed by atoms with van der Waals surface area (Å²) in [6, 6.07) is 6.47. The fraction of sp³-hybridized carbons (Fsp3) is 0.368. The summed E-state index contributed by atoms with van der Waals surface area (Å²) < 4.78 is 5.46. The molecule has 0 saturated heterocycles. The normalized spacial score (nSPS) is 17.1. The number of amides is 3. The molecule has 0 fully saturated rings. The lowest BCUT2D eigenvalue weighted by molar-refractivity contribution is 0.0859. The number of fused-ring (bicyclic) bond motifs is 2. The van der Waals surface area contributed by atoms with Gasteiger partial charge in [0, 0.05) is 29.8 Å². The van der Waals surface area contributed by atoms with Crippen molar-refractivity contribution in [3.63, 3.8) is 0 Å². The molecular formula is C19H21N3O4S. The fourth-order valence-corrected chi connectivity index (χ4v) is 4.91. The van der Waals surface area contributed by atoms with E-state index < -0.39 is 11.9 Å². The molecule has 3 amide bonds. The number of carbonyl (C=O) groups is 2. The van der Waals surface area contributed by atoms with Gasteiger partial charge in [0.05, 0.1) is 17.2 Å². The van der Waals surface area contributed by atoms with E-state index in [9.17, 15) is 14.8 Å². The minimum absolute atomic E-state index is 0.309. The maximum absolute atomic E-state index is 12.8. The zero-order valence-electron chi connectivity index (χ0n) is 15.2. The first-order chi connectivity index (χ1) is 12.8. The minimum Gasteiger partial charge on any atom is -0.493 e. The Morgan fingerprint density at radius 2 is 2.07 bits per heavy atom. The highest BCUT2D eigenvalue weighted by molar-refractivity contribution is 7.14. The smallest absolute Gasteiger partial charge is 0.315 e. The molecule has 3 heterocycles. The quantitative estimate of drug-likeness (QED) is 0.612. The van der Waals surface area contributed by atoms with Gasteiger partial charge in [0.15, 0.2) is 0 Å². The molecule has 0 atom stereocenters. The largest absolute Gasteiger partial charge is 0.493 e. The number of primary amides is 1. The van der Waals surface area contributed by atoms with Gasteiger partial charge in [-0.15, -0.1) is 11.3 Å². The average Bonchev–Trinajstić information content (AvgIpc) is 3.26. The number of rotatable bonds is 2. The van der Waals surface area contributed by atoms with Crippen molar-refractivity contribution >= 4 is 29.0 Å². The highest BCUT2D eigenvalue weighted by Crippen LogP contribution is 2.40. The van der Waals surface area contributed by atoms with Crippen LogP contribution in [0.4, 0.5) is 10.5 Å². The first kappa shape index (κ1) is 17.8. The van der Waals surface area contributed by atoms with E-state index >= 15 is 0 Å². The maximum Gasteiger partial charge on any atom is 0.315 e. The monoisotopic (exact) mass is 387 g/mol. The van der Waals surface area contributed by atoms with Gasteiger partial charge in [0.25, 0.3) is 5.91 Å². The summed E-state index contributed by atoms with van der Waals surface area (Å²) in [7, 11) is 0. The lowest BCUT2D eigenvalue weighted by Gasteiger charge is -2.36. The molecule has 0 radical (unpaired) electrons. The Bertz CT molecular complexity index is 937. The van der Waals surface area contributed by atoms with Gasteiger partial charge < -0.3 is 15.4 Å². The number of hydrogen-bond donors (Lipinski definition) is 2. The molecular weight excluding hydrogens is 366 g/mol. The lowest BCUT2D eigenvalue weighted by atomic mass is 9.85. The molecule has 0 bridgehead atoms. The number of hydroxylamine groups is 1. The lowest BCUT2D eigenvalue weighted by Crippen LogP contribution is -2.46. The molecule has 2 aliphatic heterocycles. The van der Waals surface area contributed by atoms with E-state index in [-0.39, 0.29) is 5.41 Å². The Kier molecular flexibility index (Phi) is 4.12. The van der Waals surface area contributed by atoms with Crippen molar-refractivity contribution in [2.75, 3.05) is 18.2 Å². The second-order valence-corrected chi connectivity index (χ2v) is 8.60. The molecule has 2 aromatic rings. The SMILES string of the molecule is CC1(C)CN(C(N)=O)Cc2cc(C(=O)N(O)c3ccc4c(c3)CCO4)sc21. The van der Waals surface area contributed by atoms with Crippen LogP contribution in [0.25, 0.3) is 0 Å². The van der Waals surface area contributed by atoms with Crippen LogP contribution < -0.4 is 15.5 Å². The number of anilines is 1. The first-order valence-corrected chi connectivity index (χ1v) is 9.54. The fourth-order valence-electron chi connectivity index (χ4n) is 3.72. The molecule has 8 heteroatoms. The van der Waals surface area contributed by atoms with E-state index in [2.05, 4.69) is 0 Å². The molecule has 0 aliphatic carbocycles. The summed E-state index contributed by atoms with van der Waals surface area (Å²) in [4.78, 5) is 27.5. The molecule has 2 aliphatic rings. The molecule has 3 N–H and O–H groups in total. The van der Waals surface area contributed by atoms with Crippen LogP contribution in [0.15, 0.2) is 24.3 Å². The number of nitrogens with two attached hydrogens (primary N) is 1. The molecule has 0 saturated carbocycles. The number of carbonyl (C=O) groups excluding carboxylic acids is 2. The summed E-state index contributed by atoms with van der Waals surface area (Å²) >= 11 is 1.36. The number of benzene rings is 1. The van der Waals surface area contributed by atoms with Crippen molar-refractivity contribution in [2.24, 2.45) is 5.73 Å². The zero-order chi connectivity index (χ0) is 19.3. The van der Waals surface area contributed by atoms with Gasteiger partial charge >= 0.3 is 6.03 Å². The van der Waals surface area contributed by atoms with Crippen molar-refractivity contribution in [3.05, 3.63) is 45.1 Å². The van der Waals surface area contributed by atoms with Crippen molar-refractivity contribution in [1.29, 1.82) is 0 Å². The van der Waals surface area contributed by atoms with Crippen molar-refractivity contribution in [3.8, 4) is 5.75 Å². The van der Waals surface area contributed by atoms with Crippen LogP contribution in [0.2, 0.25) is 0 Å². The minimum atomic E-state index is -0.491. The predicted molar refractivity (Wildman–Crippen MR) is 102 cm³/mol. The van der Waals surface area contributed by atoms with E-state index in [1.54, 1.807) is 29.2 Å².